The second kappa shape index (κ2) is 6.55. The molecular formula is C17H22N4OS. The molecule has 0 amide bonds. The number of H-pyrrole nitrogens is 1. The van der Waals surface area contributed by atoms with E-state index < -0.39 is 0 Å². The van der Waals surface area contributed by atoms with Crippen LogP contribution in [0.3, 0.4) is 0 Å². The smallest absolute Gasteiger partial charge is 0.254 e. The molecule has 0 unspecified atom stereocenters. The summed E-state index contributed by atoms with van der Waals surface area (Å²) in [5, 5.41) is 7.78. The molecule has 2 aromatic heterocycles. The summed E-state index contributed by atoms with van der Waals surface area (Å²) in [5.41, 5.74) is 3.26. The van der Waals surface area contributed by atoms with E-state index in [1.54, 1.807) is 11.3 Å². The minimum Gasteiger partial charge on any atom is -0.309 e. The number of nitrogens with zero attached hydrogens (tertiary/aromatic N) is 2. The zero-order chi connectivity index (χ0) is 15.6. The molecule has 0 spiro atoms. The number of hydrogen-bond donors (Lipinski definition) is 2. The van der Waals surface area contributed by atoms with Gasteiger partial charge < -0.3 is 10.3 Å². The lowest BCUT2D eigenvalue weighted by atomic mass is 10.0. The SMILES string of the molecule is O=c1[nH]c([C@@H]2CCCCN2)nc2c1CCN(Cc1ccsc1)C2. The Labute approximate surface area is 139 Å². The normalized spacial score (nSPS) is 22.0. The first kappa shape index (κ1) is 15.1. The lowest BCUT2D eigenvalue weighted by Crippen LogP contribution is -2.37. The van der Waals surface area contributed by atoms with Gasteiger partial charge in [0.25, 0.3) is 5.56 Å². The van der Waals surface area contributed by atoms with Crippen molar-refractivity contribution in [2.75, 3.05) is 13.1 Å². The van der Waals surface area contributed by atoms with E-state index in [0.717, 1.165) is 56.1 Å². The fraction of sp³-hybridized carbons (Fsp3) is 0.529. The van der Waals surface area contributed by atoms with Crippen LogP contribution in [0, 0.1) is 0 Å². The second-order valence-corrected chi connectivity index (χ2v) is 7.25. The molecule has 1 atom stereocenters. The first-order chi connectivity index (χ1) is 11.3. The molecule has 0 saturated carbocycles. The molecule has 2 aliphatic heterocycles. The summed E-state index contributed by atoms with van der Waals surface area (Å²) in [6, 6.07) is 2.37. The van der Waals surface area contributed by atoms with Gasteiger partial charge in [0, 0.05) is 25.2 Å². The zero-order valence-corrected chi connectivity index (χ0v) is 14.0. The lowest BCUT2D eigenvalue weighted by Gasteiger charge is -2.29. The van der Waals surface area contributed by atoms with Gasteiger partial charge in [-0.3, -0.25) is 9.69 Å². The Balaban J connectivity index is 1.56. The highest BCUT2D eigenvalue weighted by molar-refractivity contribution is 7.07. The average molecular weight is 330 g/mol. The maximum Gasteiger partial charge on any atom is 0.254 e. The van der Waals surface area contributed by atoms with Gasteiger partial charge in [0.1, 0.15) is 5.82 Å². The molecular weight excluding hydrogens is 308 g/mol. The monoisotopic (exact) mass is 330 g/mol. The van der Waals surface area contributed by atoms with Gasteiger partial charge in [0.2, 0.25) is 0 Å². The highest BCUT2D eigenvalue weighted by atomic mass is 32.1. The van der Waals surface area contributed by atoms with Crippen LogP contribution in [0.2, 0.25) is 0 Å². The number of hydrogen-bond acceptors (Lipinski definition) is 5. The number of aromatic amines is 1. The van der Waals surface area contributed by atoms with Crippen molar-refractivity contribution in [1.82, 2.24) is 20.2 Å². The predicted molar refractivity (Wildman–Crippen MR) is 91.6 cm³/mol. The molecule has 2 N–H and O–H groups in total. The topological polar surface area (TPSA) is 61.0 Å². The van der Waals surface area contributed by atoms with Crippen LogP contribution >= 0.6 is 11.3 Å². The molecule has 0 aliphatic carbocycles. The lowest BCUT2D eigenvalue weighted by molar-refractivity contribution is 0.239. The molecule has 0 aromatic carbocycles. The molecule has 1 fully saturated rings. The molecule has 5 nitrogen and oxygen atoms in total. The maximum atomic E-state index is 12.4. The standard InChI is InChI=1S/C17H22N4OS/c22-17-13-4-7-21(9-12-5-8-23-11-12)10-15(13)19-16(20-17)14-3-1-2-6-18-14/h5,8,11,14,18H,1-4,6-7,9-10H2,(H,19,20,22)/t14-/m0/s1. The number of thiophene rings is 1. The van der Waals surface area contributed by atoms with Crippen LogP contribution in [0.5, 0.6) is 0 Å². The Morgan fingerprint density at radius 1 is 1.39 bits per heavy atom. The molecule has 0 radical (unpaired) electrons. The summed E-state index contributed by atoms with van der Waals surface area (Å²) in [5.74, 6) is 0.825. The van der Waals surface area contributed by atoms with E-state index in [0.29, 0.717) is 0 Å². The van der Waals surface area contributed by atoms with Gasteiger partial charge in [0.15, 0.2) is 0 Å². The summed E-state index contributed by atoms with van der Waals surface area (Å²) in [6.45, 7) is 3.65. The number of rotatable bonds is 3. The van der Waals surface area contributed by atoms with Gasteiger partial charge in [-0.15, -0.1) is 0 Å². The predicted octanol–water partition coefficient (Wildman–Crippen LogP) is 2.20. The van der Waals surface area contributed by atoms with E-state index in [4.69, 9.17) is 4.98 Å². The Morgan fingerprint density at radius 3 is 3.13 bits per heavy atom. The Hall–Kier alpha value is -1.50. The van der Waals surface area contributed by atoms with Crippen LogP contribution in [-0.2, 0) is 19.5 Å². The number of aromatic nitrogens is 2. The Morgan fingerprint density at radius 2 is 2.35 bits per heavy atom. The molecule has 2 aromatic rings. The number of piperidine rings is 1. The van der Waals surface area contributed by atoms with Crippen LogP contribution in [0.15, 0.2) is 21.6 Å². The van der Waals surface area contributed by atoms with Crippen molar-refractivity contribution in [3.8, 4) is 0 Å². The second-order valence-electron chi connectivity index (χ2n) is 6.47. The average Bonchev–Trinajstić information content (AvgIpc) is 3.08. The van der Waals surface area contributed by atoms with Crippen molar-refractivity contribution in [3.05, 3.63) is 49.8 Å². The number of nitrogens with one attached hydrogen (secondary N) is 2. The van der Waals surface area contributed by atoms with Crippen molar-refractivity contribution >= 4 is 11.3 Å². The minimum absolute atomic E-state index is 0.0626. The minimum atomic E-state index is 0.0626. The molecule has 4 heterocycles. The third-order valence-corrected chi connectivity index (χ3v) is 5.53. The van der Waals surface area contributed by atoms with Gasteiger partial charge in [-0.1, -0.05) is 6.42 Å². The Bertz CT molecular complexity index is 719. The molecule has 23 heavy (non-hydrogen) atoms. The van der Waals surface area contributed by atoms with Crippen LogP contribution in [-0.4, -0.2) is 28.0 Å². The van der Waals surface area contributed by atoms with E-state index in [-0.39, 0.29) is 11.6 Å². The van der Waals surface area contributed by atoms with Gasteiger partial charge in [0.05, 0.1) is 11.7 Å². The third kappa shape index (κ3) is 3.24. The number of fused-ring (bicyclic) bond motifs is 1. The largest absolute Gasteiger partial charge is 0.309 e. The van der Waals surface area contributed by atoms with Crippen molar-refractivity contribution in [2.24, 2.45) is 0 Å². The van der Waals surface area contributed by atoms with Gasteiger partial charge in [-0.25, -0.2) is 4.98 Å². The highest BCUT2D eigenvalue weighted by Gasteiger charge is 2.24. The molecule has 122 valence electrons. The Kier molecular flexibility index (Phi) is 4.29. The van der Waals surface area contributed by atoms with Crippen LogP contribution < -0.4 is 10.9 Å². The first-order valence-electron chi connectivity index (χ1n) is 8.38. The van der Waals surface area contributed by atoms with Crippen LogP contribution in [0.1, 0.15) is 47.9 Å². The molecule has 4 rings (SSSR count). The van der Waals surface area contributed by atoms with Crippen LogP contribution in [0.25, 0.3) is 0 Å². The van der Waals surface area contributed by atoms with Crippen molar-refractivity contribution in [2.45, 2.75) is 44.8 Å². The summed E-state index contributed by atoms with van der Waals surface area (Å²) in [6.07, 6.45) is 4.25. The van der Waals surface area contributed by atoms with Crippen molar-refractivity contribution < 1.29 is 0 Å². The summed E-state index contributed by atoms with van der Waals surface area (Å²) < 4.78 is 0. The van der Waals surface area contributed by atoms with E-state index in [1.807, 2.05) is 0 Å². The fourth-order valence-corrected chi connectivity index (χ4v) is 4.20. The van der Waals surface area contributed by atoms with E-state index in [9.17, 15) is 4.79 Å². The highest BCUT2D eigenvalue weighted by Crippen LogP contribution is 2.22. The van der Waals surface area contributed by atoms with E-state index >= 15 is 0 Å². The van der Waals surface area contributed by atoms with E-state index in [1.165, 1.54) is 18.4 Å². The van der Waals surface area contributed by atoms with Crippen molar-refractivity contribution in [3.63, 3.8) is 0 Å². The first-order valence-corrected chi connectivity index (χ1v) is 9.32. The fourth-order valence-electron chi connectivity index (χ4n) is 3.54. The molecule has 1 saturated heterocycles. The van der Waals surface area contributed by atoms with Crippen LogP contribution in [0.4, 0.5) is 0 Å². The van der Waals surface area contributed by atoms with E-state index in [2.05, 4.69) is 32.0 Å². The zero-order valence-electron chi connectivity index (χ0n) is 13.2. The maximum absolute atomic E-state index is 12.4. The quantitative estimate of drug-likeness (QED) is 0.906. The van der Waals surface area contributed by atoms with Gasteiger partial charge in [-0.2, -0.15) is 11.3 Å². The van der Waals surface area contributed by atoms with Gasteiger partial charge in [-0.05, 0) is 48.2 Å². The summed E-state index contributed by atoms with van der Waals surface area (Å²) >= 11 is 1.73. The summed E-state index contributed by atoms with van der Waals surface area (Å²) in [7, 11) is 0. The van der Waals surface area contributed by atoms with Crippen molar-refractivity contribution in [1.29, 1.82) is 0 Å². The summed E-state index contributed by atoms with van der Waals surface area (Å²) in [4.78, 5) is 22.6. The molecule has 2 aliphatic rings. The molecule has 6 heteroatoms. The molecule has 0 bridgehead atoms. The van der Waals surface area contributed by atoms with Gasteiger partial charge >= 0.3 is 0 Å². The third-order valence-electron chi connectivity index (χ3n) is 4.80.